The summed E-state index contributed by atoms with van der Waals surface area (Å²) in [6.07, 6.45) is 20.0. The van der Waals surface area contributed by atoms with Crippen molar-refractivity contribution in [2.45, 2.75) is 72.8 Å². The van der Waals surface area contributed by atoms with Crippen molar-refractivity contribution in [2.24, 2.45) is 4.99 Å². The summed E-state index contributed by atoms with van der Waals surface area (Å²) in [5.74, 6) is 4.00. The molecule has 0 heterocycles. The molecule has 6 heteroatoms. The van der Waals surface area contributed by atoms with E-state index in [4.69, 9.17) is 4.99 Å². The van der Waals surface area contributed by atoms with Crippen molar-refractivity contribution in [3.8, 4) is 0 Å². The number of hydrogen-bond acceptors (Lipinski definition) is 1. The monoisotopic (exact) mass is 553 g/mol. The van der Waals surface area contributed by atoms with Crippen LogP contribution in [0.2, 0.25) is 58.9 Å². The van der Waals surface area contributed by atoms with Crippen LogP contribution in [0.3, 0.4) is 0 Å². The molecule has 0 bridgehead atoms. The Kier molecular flexibility index (Phi) is 15.4. The fourth-order valence-corrected chi connectivity index (χ4v) is 98.2. The second-order valence-electron chi connectivity index (χ2n) is 11.9. The molecular formula is C28H46NScSi4-. The van der Waals surface area contributed by atoms with Crippen molar-refractivity contribution in [2.75, 3.05) is 0 Å². The molecule has 3 rings (SSSR count). The molecule has 0 aromatic heterocycles. The van der Waals surface area contributed by atoms with Gasteiger partial charge in [0.25, 0.3) is 0 Å². The van der Waals surface area contributed by atoms with E-state index in [0.717, 1.165) is 0 Å². The zero-order valence-corrected chi connectivity index (χ0v) is 29.3. The molecule has 0 amide bonds. The number of rotatable bonds is 5. The molecule has 2 aliphatic rings. The smallest absolute Gasteiger partial charge is 0.0209 e. The summed E-state index contributed by atoms with van der Waals surface area (Å²) in [5, 5.41) is 0. The van der Waals surface area contributed by atoms with Crippen LogP contribution < -0.4 is 0 Å². The van der Waals surface area contributed by atoms with Crippen LogP contribution in [0.4, 0.5) is 5.69 Å². The Hall–Kier alpha value is 0.628. The van der Waals surface area contributed by atoms with Gasteiger partial charge in [0, 0.05) is 48.6 Å². The van der Waals surface area contributed by atoms with Crippen LogP contribution in [0.25, 0.3) is 0 Å². The van der Waals surface area contributed by atoms with E-state index in [1.807, 2.05) is 64.2 Å². The molecule has 0 unspecified atom stereocenters. The van der Waals surface area contributed by atoms with E-state index in [1.54, 1.807) is 0 Å². The van der Waals surface area contributed by atoms with Crippen LogP contribution in [0.15, 0.2) is 23.2 Å². The van der Waals surface area contributed by atoms with Crippen LogP contribution >= 0.6 is 0 Å². The zero-order chi connectivity index (χ0) is 25.3. The molecule has 0 spiro atoms. The first-order valence-corrected chi connectivity index (χ1v) is 27.5. The van der Waals surface area contributed by atoms with Crippen molar-refractivity contribution < 1.29 is 25.8 Å². The summed E-state index contributed by atoms with van der Waals surface area (Å²) in [7, 11) is -4.02. The van der Waals surface area contributed by atoms with E-state index < -0.39 is 29.4 Å². The van der Waals surface area contributed by atoms with Crippen molar-refractivity contribution in [1.82, 2.24) is 0 Å². The van der Waals surface area contributed by atoms with Crippen LogP contribution in [-0.2, 0) is 25.8 Å². The Morgan fingerprint density at radius 2 is 0.794 bits per heavy atom. The van der Waals surface area contributed by atoms with E-state index >= 15 is 0 Å². The summed E-state index contributed by atoms with van der Waals surface area (Å²) in [4.78, 5) is 5.09. The van der Waals surface area contributed by atoms with Crippen LogP contribution in [0, 0.1) is 78.1 Å². The van der Waals surface area contributed by atoms with Gasteiger partial charge in [-0.2, -0.15) is 5.84 Å². The SMILES string of the molecule is Cc1cccc(C)c1N=[C-][Si]([Si](C)(C)C)([Si](C)(C)C)[Si](C)(C)C.[CH]1[CH][CH][CH][CH]1.[CH]1[CH][CH][CH][CH]1.[Sc]. The summed E-state index contributed by atoms with van der Waals surface area (Å²) in [6.45, 7) is 26.0. The van der Waals surface area contributed by atoms with E-state index in [1.165, 1.54) is 16.8 Å². The molecule has 11 radical (unpaired) electrons. The second kappa shape index (κ2) is 15.1. The Morgan fingerprint density at radius 3 is 1.03 bits per heavy atom. The molecule has 0 N–H and O–H groups in total. The second-order valence-corrected chi connectivity index (χ2v) is 51.9. The molecule has 1 nitrogen and oxygen atoms in total. The Morgan fingerprint density at radius 1 is 0.529 bits per heavy atom. The van der Waals surface area contributed by atoms with Gasteiger partial charge in [-0.25, -0.2) is 0 Å². The molecule has 2 fully saturated rings. The van der Waals surface area contributed by atoms with Crippen LogP contribution in [-0.4, -0.2) is 35.2 Å². The number of hydrogen-bond donors (Lipinski definition) is 0. The zero-order valence-electron chi connectivity index (χ0n) is 23.5. The molecule has 2 aliphatic carbocycles. The number of aryl methyl sites for hydroxylation is 2. The van der Waals surface area contributed by atoms with Crippen molar-refractivity contribution in [3.05, 3.63) is 93.5 Å². The van der Waals surface area contributed by atoms with Gasteiger partial charge >= 0.3 is 0 Å². The van der Waals surface area contributed by atoms with Crippen LogP contribution in [0.1, 0.15) is 11.1 Å². The third-order valence-corrected chi connectivity index (χ3v) is 75.2. The van der Waals surface area contributed by atoms with E-state index in [-0.39, 0.29) is 25.8 Å². The van der Waals surface area contributed by atoms with Crippen molar-refractivity contribution in [3.63, 3.8) is 0 Å². The first-order chi connectivity index (χ1) is 15.1. The van der Waals surface area contributed by atoms with E-state index in [2.05, 4.69) is 96.8 Å². The maximum Gasteiger partial charge on any atom is 0.0209 e. The first-order valence-electron chi connectivity index (χ1n) is 12.0. The van der Waals surface area contributed by atoms with Gasteiger partial charge in [0.1, 0.15) is 0 Å². The van der Waals surface area contributed by atoms with Crippen molar-refractivity contribution >= 4 is 40.9 Å². The first kappa shape index (κ1) is 34.6. The predicted octanol–water partition coefficient (Wildman–Crippen LogP) is 8.16. The van der Waals surface area contributed by atoms with Gasteiger partial charge in [-0.3, -0.25) is 0 Å². The minimum absolute atomic E-state index is 0. The maximum absolute atomic E-state index is 5.09. The van der Waals surface area contributed by atoms with E-state index in [0.29, 0.717) is 0 Å². The summed E-state index contributed by atoms with van der Waals surface area (Å²) in [5.41, 5.74) is 3.73. The topological polar surface area (TPSA) is 12.4 Å². The molecule has 0 saturated heterocycles. The Balaban J connectivity index is 0.000000804. The molecule has 34 heavy (non-hydrogen) atoms. The number of nitrogens with zero attached hydrogens (tertiary/aromatic N) is 1. The van der Waals surface area contributed by atoms with Gasteiger partial charge in [0.15, 0.2) is 0 Å². The maximum atomic E-state index is 5.09. The van der Waals surface area contributed by atoms with Crippen LogP contribution in [0.5, 0.6) is 0 Å². The minimum atomic E-state index is -1.63. The molecule has 1 aromatic carbocycles. The normalized spacial score (nSPS) is 16.9. The standard InChI is InChI=1S/C18H36NSi4.2C5H5.Sc/c1-16-13-12-14-17(2)18(16)19-15-23(20(3,4)5,21(6,7)8)22(9,10)11;2*1-2-4-5-3-1;/h12-14H,1-11H3;2*1-5H;/q-1;;;. The Labute approximate surface area is 236 Å². The molecule has 183 valence electrons. The third-order valence-electron chi connectivity index (χ3n) is 6.26. The molecule has 0 aliphatic heterocycles. The number of para-hydroxylation sites is 1. The third kappa shape index (κ3) is 9.83. The van der Waals surface area contributed by atoms with E-state index in [9.17, 15) is 0 Å². The number of aliphatic imine (C=N–C) groups is 1. The molecule has 1 aromatic rings. The predicted molar refractivity (Wildman–Crippen MR) is 162 cm³/mol. The quantitative estimate of drug-likeness (QED) is 0.198. The minimum Gasteiger partial charge on any atom is -0.458 e. The largest absolute Gasteiger partial charge is 0.458 e. The molecular weight excluding hydrogens is 508 g/mol. The summed E-state index contributed by atoms with van der Waals surface area (Å²) >= 11 is 0. The van der Waals surface area contributed by atoms with Gasteiger partial charge in [-0.15, -0.1) is 11.1 Å². The number of benzene rings is 1. The van der Waals surface area contributed by atoms with Gasteiger partial charge in [0.2, 0.25) is 0 Å². The molecule has 0 atom stereocenters. The fraction of sp³-hybridized carbons (Fsp3) is 0.393. The summed E-state index contributed by atoms with van der Waals surface area (Å²) < 4.78 is 0. The van der Waals surface area contributed by atoms with Gasteiger partial charge in [-0.1, -0.05) is 96.7 Å². The van der Waals surface area contributed by atoms with Gasteiger partial charge in [-0.05, 0) is 70.8 Å². The van der Waals surface area contributed by atoms with Crippen molar-refractivity contribution in [1.29, 1.82) is 0 Å². The van der Waals surface area contributed by atoms with Gasteiger partial charge < -0.3 is 4.99 Å². The van der Waals surface area contributed by atoms with Gasteiger partial charge in [0.05, 0.1) is 0 Å². The Bertz CT molecular complexity index is 653. The fourth-order valence-electron chi connectivity index (χ4n) is 5.64. The average Bonchev–Trinajstić information content (AvgIpc) is 3.40. The summed E-state index contributed by atoms with van der Waals surface area (Å²) in [6, 6.07) is 6.48. The average molecular weight is 554 g/mol. The molecule has 2 saturated carbocycles.